The van der Waals surface area contributed by atoms with Gasteiger partial charge in [-0.05, 0) is 83.3 Å². The Balaban J connectivity index is 1.56. The predicted octanol–water partition coefficient (Wildman–Crippen LogP) is 10.4. The maximum absolute atomic E-state index is 5.14. The van der Waals surface area contributed by atoms with Gasteiger partial charge >= 0.3 is 0 Å². The molecule has 0 fully saturated rings. The molecule has 1 heterocycles. The number of rotatable bonds is 8. The van der Waals surface area contributed by atoms with Gasteiger partial charge in [0.05, 0.1) is 23.3 Å². The van der Waals surface area contributed by atoms with Crippen molar-refractivity contribution in [1.82, 2.24) is 4.98 Å². The highest BCUT2D eigenvalue weighted by Gasteiger charge is 2.15. The van der Waals surface area contributed by atoms with E-state index in [4.69, 9.17) is 9.98 Å². The van der Waals surface area contributed by atoms with Crippen molar-refractivity contribution in [3.63, 3.8) is 0 Å². The van der Waals surface area contributed by atoms with Gasteiger partial charge < -0.3 is 5.32 Å². The fourth-order valence-electron chi connectivity index (χ4n) is 5.86. The zero-order valence-corrected chi connectivity index (χ0v) is 25.4. The summed E-state index contributed by atoms with van der Waals surface area (Å²) in [6.45, 7) is 16.1. The molecule has 0 saturated carbocycles. The third-order valence-corrected chi connectivity index (χ3v) is 7.84. The zero-order chi connectivity index (χ0) is 29.1. The predicted molar refractivity (Wildman–Crippen MR) is 177 cm³/mol. The minimum atomic E-state index is 0.395. The van der Waals surface area contributed by atoms with Crippen molar-refractivity contribution in [3.05, 3.63) is 124 Å². The molecule has 0 aliphatic carbocycles. The number of benzene rings is 4. The van der Waals surface area contributed by atoms with Gasteiger partial charge in [-0.2, -0.15) is 0 Å². The Kier molecular flexibility index (Phi) is 8.35. The lowest BCUT2D eigenvalue weighted by molar-refractivity contribution is 0.835. The Morgan fingerprint density at radius 2 is 1.41 bits per heavy atom. The van der Waals surface area contributed by atoms with Crippen molar-refractivity contribution < 1.29 is 0 Å². The molecule has 0 spiro atoms. The van der Waals surface area contributed by atoms with Crippen LogP contribution in [0.5, 0.6) is 0 Å². The van der Waals surface area contributed by atoms with Crippen LogP contribution in [0.4, 0.5) is 11.4 Å². The number of hydrogen-bond donors (Lipinski definition) is 1. The van der Waals surface area contributed by atoms with Gasteiger partial charge in [0.2, 0.25) is 0 Å². The highest BCUT2D eigenvalue weighted by Crippen LogP contribution is 2.35. The number of hydrogen-bond acceptors (Lipinski definition) is 3. The van der Waals surface area contributed by atoms with Crippen LogP contribution in [0.2, 0.25) is 0 Å². The first-order valence-corrected chi connectivity index (χ1v) is 14.7. The number of aryl methyl sites for hydroxylation is 3. The lowest BCUT2D eigenvalue weighted by Crippen LogP contribution is -2.06. The van der Waals surface area contributed by atoms with Gasteiger partial charge in [0.1, 0.15) is 0 Å². The van der Waals surface area contributed by atoms with E-state index in [1.54, 1.807) is 0 Å². The van der Waals surface area contributed by atoms with Gasteiger partial charge in [-0.15, -0.1) is 0 Å². The van der Waals surface area contributed by atoms with Crippen molar-refractivity contribution in [2.45, 2.75) is 66.8 Å². The molecule has 0 bridgehead atoms. The molecule has 3 heteroatoms. The number of para-hydroxylation sites is 1. The first-order valence-electron chi connectivity index (χ1n) is 14.7. The van der Waals surface area contributed by atoms with E-state index in [9.17, 15) is 0 Å². The van der Waals surface area contributed by atoms with Gasteiger partial charge in [-0.1, -0.05) is 106 Å². The maximum atomic E-state index is 5.14. The molecule has 0 radical (unpaired) electrons. The smallest absolute Gasteiger partial charge is 0.0820 e. The van der Waals surface area contributed by atoms with Gasteiger partial charge in [0.25, 0.3) is 0 Å². The van der Waals surface area contributed by atoms with Crippen molar-refractivity contribution in [2.75, 3.05) is 5.32 Å². The molecule has 208 valence electrons. The van der Waals surface area contributed by atoms with E-state index in [0.29, 0.717) is 18.4 Å². The van der Waals surface area contributed by atoms with E-state index in [1.807, 2.05) is 12.3 Å². The molecule has 1 aromatic heterocycles. The van der Waals surface area contributed by atoms with E-state index >= 15 is 0 Å². The highest BCUT2D eigenvalue weighted by atomic mass is 14.9. The Labute approximate surface area is 245 Å². The van der Waals surface area contributed by atoms with Crippen LogP contribution in [0.3, 0.4) is 0 Å². The van der Waals surface area contributed by atoms with Crippen molar-refractivity contribution in [2.24, 2.45) is 4.99 Å². The van der Waals surface area contributed by atoms with E-state index in [1.165, 1.54) is 55.4 Å². The second-order valence-electron chi connectivity index (χ2n) is 11.7. The van der Waals surface area contributed by atoms with Crippen LogP contribution in [0, 0.1) is 20.8 Å². The Bertz CT molecular complexity index is 1680. The molecule has 0 amide bonds. The maximum Gasteiger partial charge on any atom is 0.0820 e. The van der Waals surface area contributed by atoms with Crippen LogP contribution >= 0.6 is 0 Å². The van der Waals surface area contributed by atoms with Gasteiger partial charge in [0, 0.05) is 17.8 Å². The zero-order valence-electron chi connectivity index (χ0n) is 25.4. The molecule has 0 aliphatic rings. The molecule has 1 N–H and O–H groups in total. The van der Waals surface area contributed by atoms with Gasteiger partial charge in [-0.3, -0.25) is 4.99 Å². The lowest BCUT2D eigenvalue weighted by Gasteiger charge is -2.18. The summed E-state index contributed by atoms with van der Waals surface area (Å²) in [6, 6.07) is 30.3. The standard InChI is InChI=1S/C38H41N3/c1-24(2)32-15-11-16-33(25(3)4)38(32)40-23-31-13-10-17-35(41-31)36-30(19-18-29-12-8-9-14-34(29)36)22-39-37-27(6)20-26(5)21-28(37)7/h8-21,23-25,39H,22H2,1-7H3/b40-23+. The highest BCUT2D eigenvalue weighted by molar-refractivity contribution is 5.98. The molecule has 0 saturated heterocycles. The molecule has 3 nitrogen and oxygen atoms in total. The summed E-state index contributed by atoms with van der Waals surface area (Å²) < 4.78 is 0. The van der Waals surface area contributed by atoms with Crippen LogP contribution in [0.15, 0.2) is 89.9 Å². The van der Waals surface area contributed by atoms with Crippen LogP contribution in [0.25, 0.3) is 22.0 Å². The minimum absolute atomic E-state index is 0.395. The second kappa shape index (κ2) is 12.1. The first-order chi connectivity index (χ1) is 19.7. The van der Waals surface area contributed by atoms with E-state index in [-0.39, 0.29) is 0 Å². The summed E-state index contributed by atoms with van der Waals surface area (Å²) >= 11 is 0. The molecule has 4 aromatic carbocycles. The number of nitrogens with zero attached hydrogens (tertiary/aromatic N) is 2. The summed E-state index contributed by atoms with van der Waals surface area (Å²) in [5.74, 6) is 0.790. The quantitative estimate of drug-likeness (QED) is 0.199. The van der Waals surface area contributed by atoms with Crippen molar-refractivity contribution in [3.8, 4) is 11.3 Å². The monoisotopic (exact) mass is 539 g/mol. The molecular weight excluding hydrogens is 498 g/mol. The van der Waals surface area contributed by atoms with E-state index in [2.05, 4.69) is 133 Å². The summed E-state index contributed by atoms with van der Waals surface area (Å²) in [5.41, 5.74) is 12.8. The summed E-state index contributed by atoms with van der Waals surface area (Å²) in [4.78, 5) is 10.2. The average molecular weight is 540 g/mol. The molecule has 5 aromatic rings. The molecule has 0 aliphatic heterocycles. The number of pyridine rings is 1. The SMILES string of the molecule is Cc1cc(C)c(NCc2ccc3ccccc3c2-c2cccc(/C=N/c3c(C(C)C)cccc3C(C)C)n2)c(C)c1. The molecular formula is C38H41N3. The number of fused-ring (bicyclic) bond motifs is 1. The van der Waals surface area contributed by atoms with E-state index < -0.39 is 0 Å². The minimum Gasteiger partial charge on any atom is -0.381 e. The summed E-state index contributed by atoms with van der Waals surface area (Å²) in [5, 5.41) is 6.16. The second-order valence-corrected chi connectivity index (χ2v) is 11.7. The van der Waals surface area contributed by atoms with Crippen molar-refractivity contribution >= 4 is 28.4 Å². The topological polar surface area (TPSA) is 37.3 Å². The molecule has 5 rings (SSSR count). The fraction of sp³-hybridized carbons (Fsp3) is 0.263. The summed E-state index contributed by atoms with van der Waals surface area (Å²) in [7, 11) is 0. The molecule has 0 unspecified atom stereocenters. The first kappa shape index (κ1) is 28.3. The number of aromatic nitrogens is 1. The Morgan fingerprint density at radius 3 is 2.10 bits per heavy atom. The Morgan fingerprint density at radius 1 is 0.756 bits per heavy atom. The number of anilines is 1. The fourth-order valence-corrected chi connectivity index (χ4v) is 5.86. The van der Waals surface area contributed by atoms with Gasteiger partial charge in [-0.25, -0.2) is 4.98 Å². The Hall–Kier alpha value is -4.24. The van der Waals surface area contributed by atoms with Crippen LogP contribution in [0.1, 0.15) is 78.6 Å². The van der Waals surface area contributed by atoms with Crippen LogP contribution in [-0.2, 0) is 6.54 Å². The molecule has 0 atom stereocenters. The van der Waals surface area contributed by atoms with Crippen LogP contribution in [-0.4, -0.2) is 11.2 Å². The number of aliphatic imine (C=N–C) groups is 1. The third kappa shape index (κ3) is 6.10. The van der Waals surface area contributed by atoms with Crippen LogP contribution < -0.4 is 5.32 Å². The number of nitrogens with one attached hydrogen (secondary N) is 1. The normalized spacial score (nSPS) is 11.7. The average Bonchev–Trinajstić information content (AvgIpc) is 2.95. The largest absolute Gasteiger partial charge is 0.381 e. The van der Waals surface area contributed by atoms with E-state index in [0.717, 1.165) is 17.1 Å². The van der Waals surface area contributed by atoms with Crippen molar-refractivity contribution in [1.29, 1.82) is 0 Å². The molecule has 41 heavy (non-hydrogen) atoms. The third-order valence-electron chi connectivity index (χ3n) is 7.84. The summed E-state index contributed by atoms with van der Waals surface area (Å²) in [6.07, 6.45) is 1.93. The van der Waals surface area contributed by atoms with Gasteiger partial charge in [0.15, 0.2) is 0 Å². The lowest BCUT2D eigenvalue weighted by atomic mass is 9.93.